The Morgan fingerprint density at radius 1 is 0.500 bits per heavy atom. The number of pyridine rings is 2. The number of halogens is 13. The molecule has 7 heterocycles. The number of aromatic nitrogens is 6. The number of carbonyl (C=O) groups excluding carboxylic acids is 6. The Hall–Kier alpha value is -13.2. The zero-order valence-electron chi connectivity index (χ0n) is 63.5. The number of ketones is 4. The highest BCUT2D eigenvalue weighted by atomic mass is 32.1. The molecule has 12 aromatic rings. The number of aryl methyl sites for hydroxylation is 2. The van der Waals surface area contributed by atoms with Crippen LogP contribution in [-0.4, -0.2) is 92.1 Å². The molecule has 0 radical (unpaired) electrons. The van der Waals surface area contributed by atoms with Gasteiger partial charge in [0.05, 0.1) is 77.3 Å². The molecule has 630 valence electrons. The third-order valence-electron chi connectivity index (χ3n) is 16.5. The molecule has 1 saturated heterocycles. The van der Waals surface area contributed by atoms with Crippen LogP contribution in [0.1, 0.15) is 104 Å². The zero-order chi connectivity index (χ0) is 88.0. The second-order valence-electron chi connectivity index (χ2n) is 26.2. The molecule has 0 saturated carbocycles. The highest BCUT2D eigenvalue weighted by molar-refractivity contribution is 7.23. The van der Waals surface area contributed by atoms with Crippen molar-refractivity contribution in [1.82, 2.24) is 29.1 Å². The number of cyclic esters (lactones) is 2. The van der Waals surface area contributed by atoms with E-state index in [1.807, 2.05) is 40.6 Å². The van der Waals surface area contributed by atoms with Gasteiger partial charge in [-0.2, -0.15) is 39.5 Å². The summed E-state index contributed by atoms with van der Waals surface area (Å²) in [5.74, 6) is -7.67. The van der Waals surface area contributed by atoms with Crippen LogP contribution >= 0.6 is 22.7 Å². The molecule has 37 heteroatoms. The van der Waals surface area contributed by atoms with E-state index in [0.29, 0.717) is 28.3 Å². The van der Waals surface area contributed by atoms with Gasteiger partial charge in [-0.1, -0.05) is 78.9 Å². The van der Waals surface area contributed by atoms with E-state index in [4.69, 9.17) is 31.2 Å². The summed E-state index contributed by atoms with van der Waals surface area (Å²) in [6.45, 7) is 8.76. The van der Waals surface area contributed by atoms with E-state index in [0.717, 1.165) is 73.4 Å². The van der Waals surface area contributed by atoms with Crippen molar-refractivity contribution in [3.05, 3.63) is 251 Å². The van der Waals surface area contributed by atoms with E-state index in [9.17, 15) is 95.4 Å². The number of carbonyl (C=O) groups is 8. The van der Waals surface area contributed by atoms with Crippen molar-refractivity contribution in [1.29, 1.82) is 0 Å². The van der Waals surface area contributed by atoms with Gasteiger partial charge in [-0.15, -0.1) is 22.7 Å². The Kier molecular flexibility index (Phi) is 31.8. The minimum atomic E-state index is -4.60. The number of carboxylic acids is 2. The number of alkyl halides is 11. The maximum atomic E-state index is 15.0. The summed E-state index contributed by atoms with van der Waals surface area (Å²) in [6.07, 6.45) is -9.67. The molecular formula is C83H71F13N8O14S2. The number of anilines is 2. The van der Waals surface area contributed by atoms with Crippen LogP contribution in [0, 0.1) is 11.6 Å². The number of para-hydroxylation sites is 1. The SMILES string of the molecule is CC1(C)OC(=O)CC(=O)O1.CCn1cnc(-c2cc3nccc(Oc4ccc(CC(=O)CC(=O)Cc5ccccc5C(F)(F)F)cc4F)c3s2)c1.CCn1cnc(-c2cc3nccc(Oc4ccc(N)cc4F)c3s2)c1.Nc1ccccc1C(F)F.O=C(O)CC(=O)Cc1ccccc1C(F)(F)F.O=C(O)CC(=O)Cc1ccccc1C(F)(F)F. The minimum Gasteiger partial charge on any atom is -0.481 e. The molecule has 6 aromatic heterocycles. The number of hydrogen-bond acceptors (Lipinski definition) is 20. The quantitative estimate of drug-likeness (QED) is 0.0200. The molecule has 120 heavy (non-hydrogen) atoms. The molecule has 0 amide bonds. The number of fused-ring (bicyclic) bond motifs is 2. The average molecular weight is 1720 g/mol. The van der Waals surface area contributed by atoms with E-state index in [1.165, 1.54) is 134 Å². The van der Waals surface area contributed by atoms with Gasteiger partial charge in [0.15, 0.2) is 23.1 Å². The first-order valence-electron chi connectivity index (χ1n) is 35.6. The Morgan fingerprint density at radius 2 is 0.883 bits per heavy atom. The van der Waals surface area contributed by atoms with Crippen molar-refractivity contribution in [3.63, 3.8) is 0 Å². The fourth-order valence-corrected chi connectivity index (χ4v) is 13.2. The number of carboxylic acid groups (broad SMARTS) is 2. The van der Waals surface area contributed by atoms with Crippen molar-refractivity contribution >= 4 is 101 Å². The number of Topliss-reactive ketones (excluding diaryl/α,β-unsaturated/α-hetero) is 4. The Morgan fingerprint density at radius 3 is 1.24 bits per heavy atom. The van der Waals surface area contributed by atoms with Gasteiger partial charge in [-0.3, -0.25) is 48.3 Å². The van der Waals surface area contributed by atoms with E-state index < -0.39 is 145 Å². The molecule has 0 spiro atoms. The van der Waals surface area contributed by atoms with Crippen molar-refractivity contribution < 1.29 is 125 Å². The summed E-state index contributed by atoms with van der Waals surface area (Å²) in [6, 6.07) is 35.6. The van der Waals surface area contributed by atoms with Crippen LogP contribution in [0.15, 0.2) is 195 Å². The first kappa shape index (κ1) is 92.3. The van der Waals surface area contributed by atoms with Gasteiger partial charge in [0, 0.05) is 113 Å². The van der Waals surface area contributed by atoms with Crippen molar-refractivity contribution in [2.24, 2.45) is 0 Å². The molecular weight excluding hydrogens is 1640 g/mol. The van der Waals surface area contributed by atoms with Gasteiger partial charge in [0.25, 0.3) is 12.2 Å². The second kappa shape index (κ2) is 41.3. The monoisotopic (exact) mass is 1710 g/mol. The number of esters is 2. The van der Waals surface area contributed by atoms with Crippen LogP contribution in [0.3, 0.4) is 0 Å². The summed E-state index contributed by atoms with van der Waals surface area (Å²) < 4.78 is 194. The van der Waals surface area contributed by atoms with Crippen molar-refractivity contribution in [3.8, 4) is 44.1 Å². The fourth-order valence-electron chi connectivity index (χ4n) is 11.1. The second-order valence-corrected chi connectivity index (χ2v) is 28.3. The normalized spacial score (nSPS) is 12.3. The molecule has 6 aromatic carbocycles. The number of rotatable bonds is 23. The van der Waals surface area contributed by atoms with Crippen LogP contribution in [0.4, 0.5) is 68.5 Å². The Bertz CT molecular complexity index is 5560. The number of nitrogens with two attached hydrogens (primary N) is 2. The molecule has 1 aliphatic rings. The van der Waals surface area contributed by atoms with Crippen LogP contribution in [0.25, 0.3) is 41.6 Å². The molecule has 0 atom stereocenters. The van der Waals surface area contributed by atoms with E-state index in [2.05, 4.69) is 36.3 Å². The van der Waals surface area contributed by atoms with Crippen LogP contribution in [0.2, 0.25) is 0 Å². The van der Waals surface area contributed by atoms with Gasteiger partial charge in [0.2, 0.25) is 0 Å². The summed E-state index contributed by atoms with van der Waals surface area (Å²) >= 11 is 2.94. The lowest BCUT2D eigenvalue weighted by Crippen LogP contribution is -2.39. The number of nitrogen functional groups attached to an aromatic ring is 2. The topological polar surface area (TPSA) is 327 Å². The maximum Gasteiger partial charge on any atom is 0.416 e. The van der Waals surface area contributed by atoms with Crippen LogP contribution in [-0.2, 0) is 105 Å². The lowest BCUT2D eigenvalue weighted by Gasteiger charge is -2.28. The standard InChI is InChI=1S/C30H23F4N3O3S.C18H15FN4OS.2C11H9F3O3.C7H7F2N.C6H8O4/c1-2-37-16-25(36-17-37)28-15-24-29(41-28)27(9-10-35-24)40-26-8-7-18(12-23(26)31)11-20(38)14-21(39)13-19-5-3-4-6-22(19)30(32,33)34;1-2-23-9-14(22-10-23)17-8-13-18(25-17)16(5-6-21-13)24-15-4-3-11(20)7-12(15)19;2*12-11(13,14)9-4-2-1-3-7(9)5-8(15)6-10(16)17;8-7(9)5-3-1-2-4-6(5)10;1-6(2)9-4(7)3-5(8)10-6/h3-10,12,15-17H,2,11,13-14H2,1H3;3-10H,2,20H2,1H3;2*1-4H,5-6H2,(H,16,17);1-4,7H,10H2;3H2,1-2H3. The number of ether oxygens (including phenoxy) is 4. The molecule has 1 aliphatic heterocycles. The number of hydrogen-bond donors (Lipinski definition) is 4. The molecule has 1 fully saturated rings. The average Bonchev–Trinajstić information content (AvgIpc) is 1.64. The molecule has 0 bridgehead atoms. The lowest BCUT2D eigenvalue weighted by molar-refractivity contribution is -0.231. The predicted molar refractivity (Wildman–Crippen MR) is 415 cm³/mol. The highest BCUT2D eigenvalue weighted by Crippen LogP contribution is 2.42. The van der Waals surface area contributed by atoms with E-state index in [1.54, 1.807) is 49.3 Å². The molecule has 6 N–H and O–H groups in total. The molecule has 0 aliphatic carbocycles. The molecule has 13 rings (SSSR count). The maximum absolute atomic E-state index is 15.0. The van der Waals surface area contributed by atoms with Gasteiger partial charge in [0.1, 0.15) is 53.9 Å². The van der Waals surface area contributed by atoms with E-state index >= 15 is 0 Å². The van der Waals surface area contributed by atoms with E-state index in [-0.39, 0.29) is 52.3 Å². The third kappa shape index (κ3) is 27.5. The van der Waals surface area contributed by atoms with Crippen LogP contribution < -0.4 is 20.9 Å². The summed E-state index contributed by atoms with van der Waals surface area (Å²) in [5.41, 5.74) is 11.4. The van der Waals surface area contributed by atoms with Gasteiger partial charge in [-0.25, -0.2) is 27.5 Å². The summed E-state index contributed by atoms with van der Waals surface area (Å²) in [5, 5.41) is 16.7. The number of benzene rings is 6. The Balaban J connectivity index is 0.000000194. The van der Waals surface area contributed by atoms with Gasteiger partial charge in [-0.05, 0) is 96.8 Å². The number of nitrogens with zero attached hydrogens (tertiary/aromatic N) is 6. The number of aliphatic carboxylic acids is 2. The Labute approximate surface area is 681 Å². The first-order valence-corrected chi connectivity index (χ1v) is 37.2. The van der Waals surface area contributed by atoms with Gasteiger partial charge < -0.3 is 49.8 Å². The molecule has 22 nitrogen and oxygen atoms in total. The first-order chi connectivity index (χ1) is 56.6. The number of imidazole rings is 2. The molecule has 0 unspecified atom stereocenters. The van der Waals surface area contributed by atoms with Crippen LogP contribution in [0.5, 0.6) is 23.0 Å². The summed E-state index contributed by atoms with van der Waals surface area (Å²) in [7, 11) is 0. The third-order valence-corrected chi connectivity index (χ3v) is 18.8. The summed E-state index contributed by atoms with van der Waals surface area (Å²) in [4.78, 5) is 108. The van der Waals surface area contributed by atoms with Crippen molar-refractivity contribution in [2.75, 3.05) is 11.5 Å². The minimum absolute atomic E-state index is 0.0567. The smallest absolute Gasteiger partial charge is 0.416 e. The number of thiophene rings is 2. The fraction of sp³-hybridized carbons (Fsp3) is 0.229. The van der Waals surface area contributed by atoms with Gasteiger partial charge >= 0.3 is 42.4 Å². The lowest BCUT2D eigenvalue weighted by atomic mass is 9.98. The zero-order valence-corrected chi connectivity index (χ0v) is 65.1. The predicted octanol–water partition coefficient (Wildman–Crippen LogP) is 19.1. The largest absolute Gasteiger partial charge is 0.481 e. The highest BCUT2D eigenvalue weighted by Gasteiger charge is 2.37. The van der Waals surface area contributed by atoms with Crippen molar-refractivity contribution in [2.45, 2.75) is 123 Å².